The molecular weight excluding hydrogens is 340 g/mol. The number of carbonyl (C=O) groups is 2. The SMILES string of the molecule is CCN1CCCC1CNC(=O)CN(C)c1nnc(N2CCCC2=O)s1. The molecule has 0 aliphatic carbocycles. The molecule has 0 bridgehead atoms. The van der Waals surface area contributed by atoms with Crippen molar-refractivity contribution in [2.45, 2.75) is 38.6 Å². The van der Waals surface area contributed by atoms with Crippen LogP contribution in [0.15, 0.2) is 0 Å². The molecule has 1 atom stereocenters. The Balaban J connectivity index is 1.48. The maximum Gasteiger partial charge on any atom is 0.239 e. The highest BCUT2D eigenvalue weighted by atomic mass is 32.1. The fraction of sp³-hybridized carbons (Fsp3) is 0.750. The molecule has 1 aromatic heterocycles. The van der Waals surface area contributed by atoms with E-state index >= 15 is 0 Å². The summed E-state index contributed by atoms with van der Waals surface area (Å²) in [5, 5.41) is 12.5. The summed E-state index contributed by atoms with van der Waals surface area (Å²) in [6.45, 7) is 5.95. The minimum atomic E-state index is -0.0144. The number of hydrogen-bond donors (Lipinski definition) is 1. The second-order valence-electron chi connectivity index (χ2n) is 6.60. The van der Waals surface area contributed by atoms with Gasteiger partial charge in [0.05, 0.1) is 6.54 Å². The first-order chi connectivity index (χ1) is 12.1. The summed E-state index contributed by atoms with van der Waals surface area (Å²) in [4.78, 5) is 29.9. The van der Waals surface area contributed by atoms with Gasteiger partial charge >= 0.3 is 0 Å². The molecule has 1 aromatic rings. The smallest absolute Gasteiger partial charge is 0.239 e. The first-order valence-corrected chi connectivity index (χ1v) is 9.76. The standard InChI is InChI=1S/C16H26N6O2S/c1-3-21-8-4-6-12(21)10-17-13(23)11-20(2)15-18-19-16(25-15)22-9-5-7-14(22)24/h12H,3-11H2,1-2H3,(H,17,23). The second kappa shape index (κ2) is 8.09. The highest BCUT2D eigenvalue weighted by Crippen LogP contribution is 2.29. The summed E-state index contributed by atoms with van der Waals surface area (Å²) < 4.78 is 0. The molecule has 0 saturated carbocycles. The van der Waals surface area contributed by atoms with Gasteiger partial charge in [0.15, 0.2) is 0 Å². The van der Waals surface area contributed by atoms with Gasteiger partial charge in [-0.05, 0) is 32.4 Å². The van der Waals surface area contributed by atoms with E-state index in [2.05, 4.69) is 27.3 Å². The quantitative estimate of drug-likeness (QED) is 0.765. The molecule has 2 saturated heterocycles. The maximum atomic E-state index is 12.2. The maximum absolute atomic E-state index is 12.2. The van der Waals surface area contributed by atoms with Crippen LogP contribution in [0.4, 0.5) is 10.3 Å². The molecule has 2 aliphatic heterocycles. The molecule has 0 spiro atoms. The Morgan fingerprint density at radius 3 is 2.92 bits per heavy atom. The highest BCUT2D eigenvalue weighted by Gasteiger charge is 2.26. The number of carbonyl (C=O) groups excluding carboxylic acids is 2. The van der Waals surface area contributed by atoms with E-state index in [1.54, 1.807) is 9.80 Å². The van der Waals surface area contributed by atoms with Gasteiger partial charge in [-0.15, -0.1) is 10.2 Å². The fourth-order valence-corrected chi connectivity index (χ4v) is 4.29. The van der Waals surface area contributed by atoms with Crippen LogP contribution in [0, 0.1) is 0 Å². The summed E-state index contributed by atoms with van der Waals surface area (Å²) in [5.41, 5.74) is 0. The normalized spacial score (nSPS) is 21.1. The monoisotopic (exact) mass is 366 g/mol. The third-order valence-corrected chi connectivity index (χ3v) is 5.92. The van der Waals surface area contributed by atoms with Crippen molar-refractivity contribution in [3.05, 3.63) is 0 Å². The van der Waals surface area contributed by atoms with Crippen molar-refractivity contribution >= 4 is 33.4 Å². The van der Waals surface area contributed by atoms with Crippen LogP contribution in [0.1, 0.15) is 32.6 Å². The molecule has 9 heteroatoms. The van der Waals surface area contributed by atoms with Crippen LogP contribution in [0.2, 0.25) is 0 Å². The van der Waals surface area contributed by atoms with E-state index in [-0.39, 0.29) is 18.4 Å². The first-order valence-electron chi connectivity index (χ1n) is 8.94. The van der Waals surface area contributed by atoms with Gasteiger partial charge in [-0.1, -0.05) is 18.3 Å². The van der Waals surface area contributed by atoms with Crippen molar-refractivity contribution < 1.29 is 9.59 Å². The number of anilines is 2. The second-order valence-corrected chi connectivity index (χ2v) is 7.54. The first kappa shape index (κ1) is 18.1. The lowest BCUT2D eigenvalue weighted by Crippen LogP contribution is -2.43. The van der Waals surface area contributed by atoms with Gasteiger partial charge in [-0.2, -0.15) is 0 Å². The van der Waals surface area contributed by atoms with Gasteiger partial charge in [0.1, 0.15) is 0 Å². The van der Waals surface area contributed by atoms with E-state index in [1.807, 2.05) is 7.05 Å². The summed E-state index contributed by atoms with van der Waals surface area (Å²) in [6.07, 6.45) is 3.79. The Morgan fingerprint density at radius 1 is 1.36 bits per heavy atom. The van der Waals surface area contributed by atoms with Crippen molar-refractivity contribution in [2.75, 3.05) is 49.6 Å². The number of nitrogens with one attached hydrogen (secondary N) is 1. The molecule has 25 heavy (non-hydrogen) atoms. The van der Waals surface area contributed by atoms with Crippen molar-refractivity contribution in [1.82, 2.24) is 20.4 Å². The number of likely N-dealkylation sites (N-methyl/N-ethyl adjacent to an activating group) is 2. The number of nitrogens with zero attached hydrogens (tertiary/aromatic N) is 5. The molecule has 8 nitrogen and oxygen atoms in total. The van der Waals surface area contributed by atoms with Gasteiger partial charge in [0.2, 0.25) is 22.1 Å². The molecule has 3 rings (SSSR count). The average Bonchev–Trinajstić information content (AvgIpc) is 3.32. The molecular formula is C16H26N6O2S. The van der Waals surface area contributed by atoms with E-state index < -0.39 is 0 Å². The topological polar surface area (TPSA) is 81.7 Å². The predicted molar refractivity (Wildman–Crippen MR) is 98.0 cm³/mol. The van der Waals surface area contributed by atoms with Crippen molar-refractivity contribution in [1.29, 1.82) is 0 Å². The van der Waals surface area contributed by atoms with Gasteiger partial charge in [0, 0.05) is 32.6 Å². The lowest BCUT2D eigenvalue weighted by Gasteiger charge is -2.23. The largest absolute Gasteiger partial charge is 0.353 e. The number of likely N-dealkylation sites (tertiary alicyclic amines) is 1. The van der Waals surface area contributed by atoms with Crippen LogP contribution in [0.5, 0.6) is 0 Å². The van der Waals surface area contributed by atoms with E-state index in [4.69, 9.17) is 0 Å². The Labute approximate surface area is 152 Å². The van der Waals surface area contributed by atoms with Crippen molar-refractivity contribution in [2.24, 2.45) is 0 Å². The molecule has 138 valence electrons. The fourth-order valence-electron chi connectivity index (χ4n) is 3.43. The van der Waals surface area contributed by atoms with Crippen LogP contribution < -0.4 is 15.1 Å². The van der Waals surface area contributed by atoms with Crippen LogP contribution in [0.3, 0.4) is 0 Å². The third-order valence-electron chi connectivity index (χ3n) is 4.86. The van der Waals surface area contributed by atoms with E-state index in [1.165, 1.54) is 17.8 Å². The zero-order valence-corrected chi connectivity index (χ0v) is 15.7. The Bertz CT molecular complexity index is 622. The number of hydrogen-bond acceptors (Lipinski definition) is 7. The van der Waals surface area contributed by atoms with Gasteiger partial charge in [-0.25, -0.2) is 0 Å². The zero-order valence-electron chi connectivity index (χ0n) is 14.9. The predicted octanol–water partition coefficient (Wildman–Crippen LogP) is 0.702. The van der Waals surface area contributed by atoms with Crippen molar-refractivity contribution in [3.8, 4) is 0 Å². The minimum Gasteiger partial charge on any atom is -0.353 e. The molecule has 0 radical (unpaired) electrons. The number of aromatic nitrogens is 2. The van der Waals surface area contributed by atoms with Crippen molar-refractivity contribution in [3.63, 3.8) is 0 Å². The highest BCUT2D eigenvalue weighted by molar-refractivity contribution is 7.19. The Hall–Kier alpha value is -1.74. The van der Waals surface area contributed by atoms with Gasteiger partial charge in [0.25, 0.3) is 0 Å². The van der Waals surface area contributed by atoms with Gasteiger partial charge in [-0.3, -0.25) is 19.4 Å². The van der Waals surface area contributed by atoms with Gasteiger partial charge < -0.3 is 10.2 Å². The molecule has 2 amide bonds. The third kappa shape index (κ3) is 4.27. The lowest BCUT2D eigenvalue weighted by atomic mass is 10.2. The molecule has 0 aromatic carbocycles. The van der Waals surface area contributed by atoms with Crippen LogP contribution in [-0.2, 0) is 9.59 Å². The van der Waals surface area contributed by atoms with E-state index in [9.17, 15) is 9.59 Å². The number of rotatable bonds is 7. The van der Waals surface area contributed by atoms with Crippen LogP contribution in [0.25, 0.3) is 0 Å². The molecule has 2 fully saturated rings. The Morgan fingerprint density at radius 2 is 2.20 bits per heavy atom. The Kier molecular flexibility index (Phi) is 5.85. The average molecular weight is 366 g/mol. The van der Waals surface area contributed by atoms with E-state index in [0.29, 0.717) is 35.8 Å². The zero-order chi connectivity index (χ0) is 17.8. The van der Waals surface area contributed by atoms with Crippen LogP contribution >= 0.6 is 11.3 Å². The number of amides is 2. The molecule has 3 heterocycles. The summed E-state index contributed by atoms with van der Waals surface area (Å²) in [5.74, 6) is 0.0830. The molecule has 1 unspecified atom stereocenters. The summed E-state index contributed by atoms with van der Waals surface area (Å²) in [7, 11) is 1.82. The molecule has 2 aliphatic rings. The minimum absolute atomic E-state index is 0.0144. The lowest BCUT2D eigenvalue weighted by molar-refractivity contribution is -0.120. The van der Waals surface area contributed by atoms with Crippen LogP contribution in [-0.4, -0.2) is 72.7 Å². The summed E-state index contributed by atoms with van der Waals surface area (Å²) >= 11 is 1.35. The molecule has 1 N–H and O–H groups in total. The van der Waals surface area contributed by atoms with E-state index in [0.717, 1.165) is 25.9 Å². The summed E-state index contributed by atoms with van der Waals surface area (Å²) in [6, 6.07) is 0.452.